The molecule has 0 unspecified atom stereocenters. The topological polar surface area (TPSA) is 3.24 Å². The van der Waals surface area contributed by atoms with Crippen LogP contribution in [0.1, 0.15) is 22.3 Å². The van der Waals surface area contributed by atoms with Gasteiger partial charge in [0.2, 0.25) is 0 Å². The lowest BCUT2D eigenvalue weighted by Crippen LogP contribution is -2.17. The molecule has 0 saturated carbocycles. The van der Waals surface area contributed by atoms with Gasteiger partial charge in [-0.15, -0.1) is 0 Å². The Labute approximate surface area is 127 Å². The summed E-state index contributed by atoms with van der Waals surface area (Å²) in [5.74, 6) is -1.24. The Morgan fingerprint density at radius 3 is 2.05 bits per heavy atom. The van der Waals surface area contributed by atoms with E-state index in [0.717, 1.165) is 28.9 Å². The summed E-state index contributed by atoms with van der Waals surface area (Å²) >= 11 is 0. The van der Waals surface area contributed by atoms with Crippen molar-refractivity contribution >= 4 is 5.69 Å². The van der Waals surface area contributed by atoms with Gasteiger partial charge in [0, 0.05) is 19.3 Å². The van der Waals surface area contributed by atoms with Crippen LogP contribution in [0.4, 0.5) is 23.2 Å². The molecule has 0 atom stereocenters. The first-order valence-corrected chi connectivity index (χ1v) is 6.82. The Morgan fingerprint density at radius 2 is 1.55 bits per heavy atom. The zero-order valence-corrected chi connectivity index (χ0v) is 12.6. The van der Waals surface area contributed by atoms with Gasteiger partial charge in [-0.05, 0) is 54.8 Å². The average molecular weight is 311 g/mol. The Bertz CT molecular complexity index is 657. The van der Waals surface area contributed by atoms with Gasteiger partial charge in [0.05, 0.1) is 5.56 Å². The van der Waals surface area contributed by atoms with Gasteiger partial charge in [0.1, 0.15) is 5.82 Å². The maximum absolute atomic E-state index is 13.6. The Kier molecular flexibility index (Phi) is 4.44. The van der Waals surface area contributed by atoms with Crippen LogP contribution in [0.15, 0.2) is 36.4 Å². The first kappa shape index (κ1) is 16.3. The monoisotopic (exact) mass is 311 g/mol. The second-order valence-corrected chi connectivity index (χ2v) is 5.51. The molecule has 0 aromatic heterocycles. The Balaban J connectivity index is 2.22. The molecule has 0 spiro atoms. The quantitative estimate of drug-likeness (QED) is 0.713. The second-order valence-electron chi connectivity index (χ2n) is 5.51. The molecule has 0 saturated heterocycles. The summed E-state index contributed by atoms with van der Waals surface area (Å²) in [5, 5.41) is 0. The number of anilines is 1. The highest BCUT2D eigenvalue weighted by atomic mass is 19.4. The van der Waals surface area contributed by atoms with E-state index in [4.69, 9.17) is 0 Å². The van der Waals surface area contributed by atoms with Gasteiger partial charge >= 0.3 is 6.18 Å². The van der Waals surface area contributed by atoms with E-state index in [1.165, 1.54) is 6.07 Å². The lowest BCUT2D eigenvalue weighted by molar-refractivity contribution is -0.140. The van der Waals surface area contributed by atoms with Crippen molar-refractivity contribution in [3.05, 3.63) is 64.5 Å². The molecule has 22 heavy (non-hydrogen) atoms. The molecule has 2 aromatic carbocycles. The van der Waals surface area contributed by atoms with E-state index < -0.39 is 17.6 Å². The third-order valence-electron chi connectivity index (χ3n) is 3.41. The summed E-state index contributed by atoms with van der Waals surface area (Å²) < 4.78 is 51.2. The maximum atomic E-state index is 13.6. The SMILES string of the molecule is Cc1cc(C)cc(N(C)Cc2ccc(C(F)(F)F)c(F)c2)c1. The highest BCUT2D eigenvalue weighted by molar-refractivity contribution is 5.50. The molecular formula is C17H17F4N. The highest BCUT2D eigenvalue weighted by Gasteiger charge is 2.33. The third kappa shape index (κ3) is 3.78. The predicted octanol–water partition coefficient (Wildman–Crippen LogP) is 5.10. The minimum absolute atomic E-state index is 0.331. The van der Waals surface area contributed by atoms with Crippen LogP contribution in [0.3, 0.4) is 0 Å². The van der Waals surface area contributed by atoms with E-state index in [2.05, 4.69) is 0 Å². The number of rotatable bonds is 3. The van der Waals surface area contributed by atoms with Crippen LogP contribution in [0.25, 0.3) is 0 Å². The minimum atomic E-state index is -4.66. The lowest BCUT2D eigenvalue weighted by Gasteiger charge is -2.21. The molecule has 0 aliphatic heterocycles. The lowest BCUT2D eigenvalue weighted by atomic mass is 10.1. The van der Waals surface area contributed by atoms with Crippen molar-refractivity contribution in [1.82, 2.24) is 0 Å². The fourth-order valence-electron chi connectivity index (χ4n) is 2.42. The van der Waals surface area contributed by atoms with Gasteiger partial charge in [-0.25, -0.2) is 4.39 Å². The minimum Gasteiger partial charge on any atom is -0.370 e. The fraction of sp³-hybridized carbons (Fsp3) is 0.294. The van der Waals surface area contributed by atoms with Crippen LogP contribution in [0, 0.1) is 19.7 Å². The third-order valence-corrected chi connectivity index (χ3v) is 3.41. The van der Waals surface area contributed by atoms with Gasteiger partial charge in [-0.1, -0.05) is 12.1 Å². The first-order chi connectivity index (χ1) is 10.2. The molecule has 1 nitrogen and oxygen atoms in total. The summed E-state index contributed by atoms with van der Waals surface area (Å²) in [5.41, 5.74) is 2.40. The first-order valence-electron chi connectivity index (χ1n) is 6.82. The highest BCUT2D eigenvalue weighted by Crippen LogP contribution is 2.32. The van der Waals surface area contributed by atoms with E-state index in [1.54, 1.807) is 0 Å². The number of halogens is 4. The normalized spacial score (nSPS) is 11.6. The van der Waals surface area contributed by atoms with Crippen LogP contribution in [0.2, 0.25) is 0 Å². The molecule has 0 aliphatic rings. The van der Waals surface area contributed by atoms with Crippen LogP contribution in [-0.2, 0) is 12.7 Å². The smallest absolute Gasteiger partial charge is 0.370 e. The molecule has 0 aliphatic carbocycles. The molecule has 0 radical (unpaired) electrons. The standard InChI is InChI=1S/C17H17F4N/c1-11-6-12(2)8-14(7-11)22(3)10-13-4-5-15(16(18)9-13)17(19,20)21/h4-9H,10H2,1-3H3. The summed E-state index contributed by atoms with van der Waals surface area (Å²) in [4.78, 5) is 1.88. The van der Waals surface area contributed by atoms with E-state index in [0.29, 0.717) is 12.1 Å². The molecule has 0 fully saturated rings. The molecule has 2 rings (SSSR count). The van der Waals surface area contributed by atoms with Crippen LogP contribution in [0.5, 0.6) is 0 Å². The largest absolute Gasteiger partial charge is 0.419 e. The Morgan fingerprint density at radius 1 is 0.955 bits per heavy atom. The van der Waals surface area contributed by atoms with E-state index in [9.17, 15) is 17.6 Å². The van der Waals surface area contributed by atoms with Gasteiger partial charge in [-0.3, -0.25) is 0 Å². The molecule has 5 heteroatoms. The van der Waals surface area contributed by atoms with Crippen molar-refractivity contribution in [3.63, 3.8) is 0 Å². The molecule has 0 N–H and O–H groups in total. The summed E-state index contributed by atoms with van der Waals surface area (Å²) in [7, 11) is 1.82. The zero-order chi connectivity index (χ0) is 16.5. The molecule has 0 bridgehead atoms. The number of benzene rings is 2. The molecule has 0 amide bonds. The van der Waals surface area contributed by atoms with Crippen molar-refractivity contribution in [2.75, 3.05) is 11.9 Å². The van der Waals surface area contributed by atoms with Crippen LogP contribution >= 0.6 is 0 Å². The fourth-order valence-corrected chi connectivity index (χ4v) is 2.42. The van der Waals surface area contributed by atoms with Crippen molar-refractivity contribution in [3.8, 4) is 0 Å². The van der Waals surface area contributed by atoms with E-state index in [-0.39, 0.29) is 0 Å². The number of hydrogen-bond donors (Lipinski definition) is 0. The molecule has 2 aromatic rings. The molecule has 118 valence electrons. The van der Waals surface area contributed by atoms with Crippen molar-refractivity contribution < 1.29 is 17.6 Å². The van der Waals surface area contributed by atoms with Crippen molar-refractivity contribution in [2.45, 2.75) is 26.6 Å². The zero-order valence-electron chi connectivity index (χ0n) is 12.6. The van der Waals surface area contributed by atoms with Gasteiger partial charge in [-0.2, -0.15) is 13.2 Å². The molecule has 0 heterocycles. The summed E-state index contributed by atoms with van der Waals surface area (Å²) in [6, 6.07) is 9.04. The van der Waals surface area contributed by atoms with Gasteiger partial charge in [0.15, 0.2) is 0 Å². The predicted molar refractivity (Wildman–Crippen MR) is 79.4 cm³/mol. The number of aryl methyl sites for hydroxylation is 2. The van der Waals surface area contributed by atoms with Crippen molar-refractivity contribution in [2.24, 2.45) is 0 Å². The van der Waals surface area contributed by atoms with Crippen LogP contribution in [-0.4, -0.2) is 7.05 Å². The van der Waals surface area contributed by atoms with Gasteiger partial charge < -0.3 is 4.90 Å². The second kappa shape index (κ2) is 5.99. The number of alkyl halides is 3. The van der Waals surface area contributed by atoms with Crippen LogP contribution < -0.4 is 4.90 Å². The van der Waals surface area contributed by atoms with E-state index in [1.807, 2.05) is 44.0 Å². The maximum Gasteiger partial charge on any atom is 0.419 e. The Hall–Kier alpha value is -2.04. The average Bonchev–Trinajstić information content (AvgIpc) is 2.35. The molecular weight excluding hydrogens is 294 g/mol. The number of nitrogens with zero attached hydrogens (tertiary/aromatic N) is 1. The summed E-state index contributed by atoms with van der Waals surface area (Å²) in [6.07, 6.45) is -4.66. The van der Waals surface area contributed by atoms with Gasteiger partial charge in [0.25, 0.3) is 0 Å². The van der Waals surface area contributed by atoms with E-state index >= 15 is 0 Å². The number of hydrogen-bond acceptors (Lipinski definition) is 1. The van der Waals surface area contributed by atoms with Crippen molar-refractivity contribution in [1.29, 1.82) is 0 Å². The summed E-state index contributed by atoms with van der Waals surface area (Å²) in [6.45, 7) is 4.28.